The first-order chi connectivity index (χ1) is 21.0. The number of primary amides is 1. The first-order valence-corrected chi connectivity index (χ1v) is 14.8. The number of nitrogens with two attached hydrogens (primary N) is 1. The second-order valence-electron chi connectivity index (χ2n) is 11.2. The Balaban J connectivity index is 1.39. The summed E-state index contributed by atoms with van der Waals surface area (Å²) in [6.07, 6.45) is 0.777. The molecule has 4 aromatic carbocycles. The van der Waals surface area contributed by atoms with Crippen molar-refractivity contribution in [2.45, 2.75) is 25.9 Å². The molecule has 0 spiro atoms. The van der Waals surface area contributed by atoms with Crippen LogP contribution in [-0.2, 0) is 13.0 Å². The molecule has 0 aliphatic carbocycles. The zero-order chi connectivity index (χ0) is 29.8. The molecular formula is C37H36N4O2. The first-order valence-electron chi connectivity index (χ1n) is 14.8. The number of benzene rings is 4. The highest BCUT2D eigenvalue weighted by Gasteiger charge is 2.34. The van der Waals surface area contributed by atoms with E-state index in [1.54, 1.807) is 12.1 Å². The van der Waals surface area contributed by atoms with Crippen molar-refractivity contribution in [3.8, 4) is 16.9 Å². The number of aryl methyl sites for hydroxylation is 1. The summed E-state index contributed by atoms with van der Waals surface area (Å²) in [4.78, 5) is 31.2. The molecule has 2 amide bonds. The van der Waals surface area contributed by atoms with E-state index in [0.29, 0.717) is 17.7 Å². The molecule has 43 heavy (non-hydrogen) atoms. The Morgan fingerprint density at radius 1 is 0.767 bits per heavy atom. The van der Waals surface area contributed by atoms with Crippen molar-refractivity contribution in [2.75, 3.05) is 19.6 Å². The maximum absolute atomic E-state index is 14.7. The number of hydrogen-bond donors (Lipinski definition) is 1. The first kappa shape index (κ1) is 28.2. The van der Waals surface area contributed by atoms with Crippen molar-refractivity contribution in [3.05, 3.63) is 149 Å². The number of aromatic nitrogens is 1. The summed E-state index contributed by atoms with van der Waals surface area (Å²) in [7, 11) is 0. The molecule has 1 aliphatic heterocycles. The number of hydrogen-bond acceptors (Lipinski definition) is 3. The SMILES string of the molecule is Cc1cc(C(=O)N2CCN(Cc3ccccc3)C[C@H]2Cc2ccccc2)c(-c2ccccc2)n1-c1cccc(C(N)=O)c1. The minimum Gasteiger partial charge on any atom is -0.366 e. The van der Waals surface area contributed by atoms with E-state index in [4.69, 9.17) is 5.73 Å². The number of piperazine rings is 1. The number of rotatable bonds is 8. The van der Waals surface area contributed by atoms with Crippen molar-refractivity contribution in [1.29, 1.82) is 0 Å². The third-order valence-corrected chi connectivity index (χ3v) is 8.24. The zero-order valence-corrected chi connectivity index (χ0v) is 24.4. The summed E-state index contributed by atoms with van der Waals surface area (Å²) in [6, 6.07) is 40.2. The number of carbonyl (C=O) groups excluding carboxylic acids is 2. The van der Waals surface area contributed by atoms with E-state index >= 15 is 0 Å². The van der Waals surface area contributed by atoms with Gasteiger partial charge in [0.25, 0.3) is 5.91 Å². The summed E-state index contributed by atoms with van der Waals surface area (Å²) in [5.41, 5.74) is 12.6. The second kappa shape index (κ2) is 12.5. The molecule has 216 valence electrons. The molecule has 0 radical (unpaired) electrons. The molecule has 6 rings (SSSR count). The lowest BCUT2D eigenvalue weighted by Crippen LogP contribution is -2.55. The molecule has 0 unspecified atom stereocenters. The van der Waals surface area contributed by atoms with Crippen LogP contribution in [0.1, 0.15) is 37.5 Å². The van der Waals surface area contributed by atoms with Crippen molar-refractivity contribution in [1.82, 2.24) is 14.4 Å². The predicted octanol–water partition coefficient (Wildman–Crippen LogP) is 6.12. The van der Waals surface area contributed by atoms with Gasteiger partial charge in [-0.15, -0.1) is 0 Å². The van der Waals surface area contributed by atoms with Crippen LogP contribution >= 0.6 is 0 Å². The average molecular weight is 569 g/mol. The van der Waals surface area contributed by atoms with Gasteiger partial charge in [0.2, 0.25) is 5.91 Å². The summed E-state index contributed by atoms with van der Waals surface area (Å²) < 4.78 is 2.06. The highest BCUT2D eigenvalue weighted by Crippen LogP contribution is 2.33. The van der Waals surface area contributed by atoms with Crippen molar-refractivity contribution in [3.63, 3.8) is 0 Å². The molecule has 6 heteroatoms. The number of carbonyl (C=O) groups is 2. The normalized spacial score (nSPS) is 15.4. The topological polar surface area (TPSA) is 71.6 Å². The highest BCUT2D eigenvalue weighted by atomic mass is 16.2. The summed E-state index contributed by atoms with van der Waals surface area (Å²) >= 11 is 0. The summed E-state index contributed by atoms with van der Waals surface area (Å²) in [5, 5.41) is 0. The van der Waals surface area contributed by atoms with E-state index in [1.165, 1.54) is 11.1 Å². The fourth-order valence-corrected chi connectivity index (χ4v) is 6.20. The third-order valence-electron chi connectivity index (χ3n) is 8.24. The van der Waals surface area contributed by atoms with Crippen molar-refractivity contribution < 1.29 is 9.59 Å². The van der Waals surface area contributed by atoms with E-state index in [9.17, 15) is 9.59 Å². The van der Waals surface area contributed by atoms with Gasteiger partial charge in [-0.1, -0.05) is 97.1 Å². The lowest BCUT2D eigenvalue weighted by atomic mass is 9.99. The Morgan fingerprint density at radius 3 is 2.09 bits per heavy atom. The molecule has 1 saturated heterocycles. The molecule has 0 saturated carbocycles. The average Bonchev–Trinajstić information content (AvgIpc) is 3.39. The maximum atomic E-state index is 14.7. The zero-order valence-electron chi connectivity index (χ0n) is 24.4. The van der Waals surface area contributed by atoms with Gasteiger partial charge in [-0.05, 0) is 54.3 Å². The minimum atomic E-state index is -0.485. The van der Waals surface area contributed by atoms with Crippen LogP contribution in [0.25, 0.3) is 16.9 Å². The van der Waals surface area contributed by atoms with E-state index in [-0.39, 0.29) is 11.9 Å². The van der Waals surface area contributed by atoms with Crippen LogP contribution in [0.4, 0.5) is 0 Å². The molecule has 2 heterocycles. The molecule has 1 aromatic heterocycles. The number of amides is 2. The summed E-state index contributed by atoms with van der Waals surface area (Å²) in [5.74, 6) is -0.464. The molecular weight excluding hydrogens is 532 g/mol. The monoisotopic (exact) mass is 568 g/mol. The molecule has 2 N–H and O–H groups in total. The van der Waals surface area contributed by atoms with Crippen molar-refractivity contribution >= 4 is 11.8 Å². The molecule has 5 aromatic rings. The molecule has 1 atom stereocenters. The Bertz CT molecular complexity index is 1710. The quantitative estimate of drug-likeness (QED) is 0.245. The van der Waals surface area contributed by atoms with Gasteiger partial charge in [0, 0.05) is 49.2 Å². The van der Waals surface area contributed by atoms with Crippen LogP contribution in [0.5, 0.6) is 0 Å². The van der Waals surface area contributed by atoms with Gasteiger partial charge in [-0.2, -0.15) is 0 Å². The fourth-order valence-electron chi connectivity index (χ4n) is 6.20. The molecule has 6 nitrogen and oxygen atoms in total. The highest BCUT2D eigenvalue weighted by molar-refractivity contribution is 6.01. The van der Waals surface area contributed by atoms with Gasteiger partial charge in [0.15, 0.2) is 0 Å². The predicted molar refractivity (Wildman–Crippen MR) is 171 cm³/mol. The molecule has 0 bridgehead atoms. The van der Waals surface area contributed by atoms with E-state index in [1.807, 2.05) is 67.6 Å². The lowest BCUT2D eigenvalue weighted by molar-refractivity contribution is 0.0439. The van der Waals surface area contributed by atoms with Crippen LogP contribution in [0.2, 0.25) is 0 Å². The Labute approximate surface area is 253 Å². The van der Waals surface area contributed by atoms with Crippen LogP contribution in [0.15, 0.2) is 121 Å². The Hall–Kier alpha value is -4.94. The van der Waals surface area contributed by atoms with Crippen LogP contribution in [-0.4, -0.2) is 51.9 Å². The third kappa shape index (κ3) is 6.15. The van der Waals surface area contributed by atoms with Crippen molar-refractivity contribution in [2.24, 2.45) is 5.73 Å². The fraction of sp³-hybridized carbons (Fsp3) is 0.189. The van der Waals surface area contributed by atoms with Crippen LogP contribution in [0, 0.1) is 6.92 Å². The largest absolute Gasteiger partial charge is 0.366 e. The van der Waals surface area contributed by atoms with Gasteiger partial charge < -0.3 is 15.2 Å². The van der Waals surface area contributed by atoms with E-state index in [0.717, 1.165) is 48.7 Å². The van der Waals surface area contributed by atoms with E-state index < -0.39 is 5.91 Å². The lowest BCUT2D eigenvalue weighted by Gasteiger charge is -2.42. The smallest absolute Gasteiger partial charge is 0.256 e. The van der Waals surface area contributed by atoms with E-state index in [2.05, 4.69) is 62.9 Å². The van der Waals surface area contributed by atoms with Crippen LogP contribution < -0.4 is 5.73 Å². The minimum absolute atomic E-state index is 0.0119. The van der Waals surface area contributed by atoms with Crippen LogP contribution in [0.3, 0.4) is 0 Å². The van der Waals surface area contributed by atoms with Gasteiger partial charge in [0.1, 0.15) is 0 Å². The Morgan fingerprint density at radius 2 is 1.42 bits per heavy atom. The standard InChI is InChI=1S/C37H36N4O2/c1-27-22-34(35(30-16-9-4-10-17-30)41(27)32-19-11-18-31(24-32)36(38)42)37(43)40-21-20-39(25-29-14-7-3-8-15-29)26-33(40)23-28-12-5-2-6-13-28/h2-19,22,24,33H,20-21,23,25-26H2,1H3,(H2,38,42)/t33-/m1/s1. The van der Waals surface area contributed by atoms with Gasteiger partial charge in [0.05, 0.1) is 11.3 Å². The Kier molecular flexibility index (Phi) is 8.20. The van der Waals surface area contributed by atoms with Gasteiger partial charge in [-0.25, -0.2) is 0 Å². The maximum Gasteiger partial charge on any atom is 0.256 e. The molecule has 1 fully saturated rings. The van der Waals surface area contributed by atoms with Gasteiger partial charge in [-0.3, -0.25) is 14.5 Å². The number of nitrogens with zero attached hydrogens (tertiary/aromatic N) is 3. The second-order valence-corrected chi connectivity index (χ2v) is 11.2. The summed E-state index contributed by atoms with van der Waals surface area (Å²) in [6.45, 7) is 5.08. The molecule has 1 aliphatic rings. The van der Waals surface area contributed by atoms with Gasteiger partial charge >= 0.3 is 0 Å².